The average Bonchev–Trinajstić information content (AvgIpc) is 2.28. The molecule has 1 unspecified atom stereocenters. The Morgan fingerprint density at radius 2 is 1.81 bits per heavy atom. The molecule has 1 amide bonds. The highest BCUT2D eigenvalue weighted by Crippen LogP contribution is 2.19. The average molecular weight is 292 g/mol. The summed E-state index contributed by atoms with van der Waals surface area (Å²) in [6.45, 7) is 7.31. The normalized spacial score (nSPS) is 12.8. The summed E-state index contributed by atoms with van der Waals surface area (Å²) in [7, 11) is 0. The first-order chi connectivity index (χ1) is 7.65. The molecule has 0 heterocycles. The number of halogens is 1. The van der Waals surface area contributed by atoms with E-state index < -0.39 is 0 Å². The Morgan fingerprint density at radius 1 is 1.19 bits per heavy atom. The number of nitrogens with one attached hydrogen (secondary N) is 1. The van der Waals surface area contributed by atoms with Gasteiger partial charge in [0.1, 0.15) is 0 Å². The molecule has 2 nitrogen and oxygen atoms in total. The number of unbranched alkanes of at least 4 members (excludes halogenated alkanes) is 2. The lowest BCUT2D eigenvalue weighted by molar-refractivity contribution is -0.121. The zero-order valence-electron chi connectivity index (χ0n) is 10.9. The summed E-state index contributed by atoms with van der Waals surface area (Å²) in [5, 5.41) is 3.00. The molecule has 0 aliphatic rings. The molecule has 0 saturated heterocycles. The van der Waals surface area contributed by atoms with Crippen LogP contribution < -0.4 is 5.32 Å². The molecule has 0 bridgehead atoms. The van der Waals surface area contributed by atoms with Crippen molar-refractivity contribution in [2.45, 2.75) is 64.1 Å². The molecule has 0 aromatic heterocycles. The number of carbonyl (C=O) groups excluding carboxylic acids is 1. The lowest BCUT2D eigenvalue weighted by Gasteiger charge is -2.19. The molecule has 1 atom stereocenters. The van der Waals surface area contributed by atoms with Crippen LogP contribution in [0, 0.1) is 5.92 Å². The number of carbonyl (C=O) groups is 1. The van der Waals surface area contributed by atoms with Crippen molar-refractivity contribution in [1.82, 2.24) is 5.32 Å². The molecular formula is C13H26BrNO. The molecule has 0 aliphatic carbocycles. The van der Waals surface area contributed by atoms with E-state index in [0.29, 0.717) is 17.2 Å². The van der Waals surface area contributed by atoms with Gasteiger partial charge >= 0.3 is 0 Å². The third-order valence-corrected chi connectivity index (χ3v) is 4.13. The summed E-state index contributed by atoms with van der Waals surface area (Å²) in [5.41, 5.74) is 0. The van der Waals surface area contributed by atoms with Gasteiger partial charge in [0.2, 0.25) is 5.91 Å². The lowest BCUT2D eigenvalue weighted by Crippen LogP contribution is -2.32. The highest BCUT2D eigenvalue weighted by molar-refractivity contribution is 9.09. The molecule has 0 aromatic rings. The Kier molecular flexibility index (Phi) is 10.1. The first-order valence-corrected chi connectivity index (χ1v) is 7.47. The van der Waals surface area contributed by atoms with E-state index in [-0.39, 0.29) is 5.91 Å². The third kappa shape index (κ3) is 7.26. The summed E-state index contributed by atoms with van der Waals surface area (Å²) in [5.74, 6) is 0.861. The molecule has 0 spiro atoms. The van der Waals surface area contributed by atoms with Crippen LogP contribution in [0.1, 0.15) is 59.3 Å². The highest BCUT2D eigenvalue weighted by Gasteiger charge is 2.15. The number of amides is 1. The lowest BCUT2D eigenvalue weighted by atomic mass is 9.99. The summed E-state index contributed by atoms with van der Waals surface area (Å²) in [4.78, 5) is 11.9. The molecule has 0 aliphatic heterocycles. The Balaban J connectivity index is 3.65. The first-order valence-electron chi connectivity index (χ1n) is 6.56. The molecule has 0 aromatic carbocycles. The van der Waals surface area contributed by atoms with E-state index in [2.05, 4.69) is 42.0 Å². The van der Waals surface area contributed by atoms with Gasteiger partial charge in [-0.25, -0.2) is 0 Å². The van der Waals surface area contributed by atoms with Crippen LogP contribution in [-0.2, 0) is 4.79 Å². The molecule has 0 saturated carbocycles. The smallest absolute Gasteiger partial charge is 0.220 e. The molecule has 0 rings (SSSR count). The van der Waals surface area contributed by atoms with Gasteiger partial charge in [0.15, 0.2) is 0 Å². The maximum atomic E-state index is 11.5. The maximum absolute atomic E-state index is 11.5. The van der Waals surface area contributed by atoms with Crippen molar-refractivity contribution in [3.63, 3.8) is 0 Å². The van der Waals surface area contributed by atoms with Crippen LogP contribution in [0.15, 0.2) is 0 Å². The molecule has 16 heavy (non-hydrogen) atoms. The van der Waals surface area contributed by atoms with Crippen LogP contribution in [0.5, 0.6) is 0 Å². The van der Waals surface area contributed by atoms with Crippen molar-refractivity contribution in [1.29, 1.82) is 0 Å². The van der Waals surface area contributed by atoms with Gasteiger partial charge in [-0.05, 0) is 12.3 Å². The standard InChI is InChI=1S/C13H26BrNO/c1-4-7-8-9-13(16)15-10-12(14)11(5-2)6-3/h11-12H,4-10H2,1-3H3,(H,15,16). The van der Waals surface area contributed by atoms with E-state index in [1.807, 2.05) is 0 Å². The monoisotopic (exact) mass is 291 g/mol. The van der Waals surface area contributed by atoms with E-state index in [1.165, 1.54) is 6.42 Å². The van der Waals surface area contributed by atoms with Crippen LogP contribution in [0.25, 0.3) is 0 Å². The Bertz CT molecular complexity index is 181. The van der Waals surface area contributed by atoms with Crippen molar-refractivity contribution in [3.05, 3.63) is 0 Å². The van der Waals surface area contributed by atoms with Gasteiger partial charge in [-0.15, -0.1) is 0 Å². The summed E-state index contributed by atoms with van der Waals surface area (Å²) < 4.78 is 0. The van der Waals surface area contributed by atoms with Crippen molar-refractivity contribution in [2.75, 3.05) is 6.54 Å². The van der Waals surface area contributed by atoms with Gasteiger partial charge in [-0.3, -0.25) is 4.79 Å². The quantitative estimate of drug-likeness (QED) is 0.507. The number of hydrogen-bond donors (Lipinski definition) is 1. The maximum Gasteiger partial charge on any atom is 0.220 e. The van der Waals surface area contributed by atoms with Crippen LogP contribution in [-0.4, -0.2) is 17.3 Å². The predicted molar refractivity (Wildman–Crippen MR) is 73.9 cm³/mol. The summed E-state index contributed by atoms with van der Waals surface area (Å²) in [6, 6.07) is 0. The summed E-state index contributed by atoms with van der Waals surface area (Å²) >= 11 is 3.66. The van der Waals surface area contributed by atoms with Crippen molar-refractivity contribution in [2.24, 2.45) is 5.92 Å². The van der Waals surface area contributed by atoms with Gasteiger partial charge in [0.05, 0.1) is 0 Å². The Labute approximate surface area is 109 Å². The first kappa shape index (κ1) is 16.0. The molecule has 0 fully saturated rings. The van der Waals surface area contributed by atoms with E-state index in [4.69, 9.17) is 0 Å². The topological polar surface area (TPSA) is 29.1 Å². The second kappa shape index (κ2) is 10.1. The minimum atomic E-state index is 0.198. The highest BCUT2D eigenvalue weighted by atomic mass is 79.9. The van der Waals surface area contributed by atoms with Crippen molar-refractivity contribution >= 4 is 21.8 Å². The largest absolute Gasteiger partial charge is 0.355 e. The van der Waals surface area contributed by atoms with Crippen LogP contribution in [0.4, 0.5) is 0 Å². The van der Waals surface area contributed by atoms with Crippen LogP contribution >= 0.6 is 15.9 Å². The van der Waals surface area contributed by atoms with Gasteiger partial charge in [0, 0.05) is 17.8 Å². The zero-order valence-corrected chi connectivity index (χ0v) is 12.5. The molecular weight excluding hydrogens is 266 g/mol. The second-order valence-corrected chi connectivity index (χ2v) is 5.53. The summed E-state index contributed by atoms with van der Waals surface area (Å²) in [6.07, 6.45) is 6.34. The molecule has 1 N–H and O–H groups in total. The fourth-order valence-corrected chi connectivity index (χ4v) is 2.71. The van der Waals surface area contributed by atoms with Gasteiger partial charge in [-0.1, -0.05) is 62.4 Å². The van der Waals surface area contributed by atoms with Crippen molar-refractivity contribution in [3.8, 4) is 0 Å². The predicted octanol–water partition coefficient (Wildman–Crippen LogP) is 3.88. The Morgan fingerprint density at radius 3 is 2.31 bits per heavy atom. The van der Waals surface area contributed by atoms with E-state index in [1.54, 1.807) is 0 Å². The zero-order chi connectivity index (χ0) is 12.4. The fraction of sp³-hybridized carbons (Fsp3) is 0.923. The molecule has 0 radical (unpaired) electrons. The van der Waals surface area contributed by atoms with Gasteiger partial charge in [-0.2, -0.15) is 0 Å². The fourth-order valence-electron chi connectivity index (χ4n) is 1.80. The second-order valence-electron chi connectivity index (χ2n) is 4.35. The minimum absolute atomic E-state index is 0.198. The minimum Gasteiger partial charge on any atom is -0.355 e. The van der Waals surface area contributed by atoms with E-state index >= 15 is 0 Å². The molecule has 3 heteroatoms. The van der Waals surface area contributed by atoms with E-state index in [9.17, 15) is 4.79 Å². The van der Waals surface area contributed by atoms with E-state index in [0.717, 1.165) is 32.2 Å². The van der Waals surface area contributed by atoms with Gasteiger partial charge in [0.25, 0.3) is 0 Å². The SMILES string of the molecule is CCCCCC(=O)NCC(Br)C(CC)CC. The van der Waals surface area contributed by atoms with Gasteiger partial charge < -0.3 is 5.32 Å². The Hall–Kier alpha value is -0.0500. The van der Waals surface area contributed by atoms with Crippen LogP contribution in [0.3, 0.4) is 0 Å². The number of rotatable bonds is 9. The van der Waals surface area contributed by atoms with Crippen molar-refractivity contribution < 1.29 is 4.79 Å². The number of alkyl halides is 1. The third-order valence-electron chi connectivity index (χ3n) is 3.06. The number of hydrogen-bond acceptors (Lipinski definition) is 1. The van der Waals surface area contributed by atoms with Crippen LogP contribution in [0.2, 0.25) is 0 Å². The molecule has 96 valence electrons.